The molecule has 0 saturated heterocycles. The van der Waals surface area contributed by atoms with Crippen molar-refractivity contribution >= 4 is 41.3 Å². The summed E-state index contributed by atoms with van der Waals surface area (Å²) < 4.78 is 4.65. The maximum absolute atomic E-state index is 11.3. The normalized spacial score (nSPS) is 9.79. The van der Waals surface area contributed by atoms with Crippen LogP contribution < -0.4 is 0 Å². The fourth-order valence-electron chi connectivity index (χ4n) is 1.89. The van der Waals surface area contributed by atoms with Gasteiger partial charge in [-0.25, -0.2) is 0 Å². The molecule has 0 aromatic carbocycles. The van der Waals surface area contributed by atoms with Crippen LogP contribution in [0.15, 0.2) is 0 Å². The first kappa shape index (κ1) is 21.4. The number of ether oxygens (including phenoxy) is 1. The molecule has 108 valence electrons. The van der Waals surface area contributed by atoms with Crippen molar-refractivity contribution in [2.24, 2.45) is 0 Å². The zero-order chi connectivity index (χ0) is 13.6. The Bertz CT molecular complexity index is 229. The summed E-state index contributed by atoms with van der Waals surface area (Å²) in [6.07, 6.45) is 11.7. The Labute approximate surface area is 140 Å². The van der Waals surface area contributed by atoms with Crippen LogP contribution in [-0.2, 0) is 14.3 Å². The number of hydrogen-bond acceptors (Lipinski definition) is 3. The van der Waals surface area contributed by atoms with E-state index < -0.39 is 0 Å². The number of ketones is 1. The van der Waals surface area contributed by atoms with Gasteiger partial charge in [0.05, 0.1) is 0 Å². The van der Waals surface area contributed by atoms with Crippen molar-refractivity contribution in [2.75, 3.05) is 6.61 Å². The number of rotatable bonds is 12. The fraction of sp³-hybridized carbons (Fsp3) is 0.867. The van der Waals surface area contributed by atoms with Crippen LogP contribution in [0, 0.1) is 0 Å². The van der Waals surface area contributed by atoms with Crippen LogP contribution in [0.4, 0.5) is 0 Å². The van der Waals surface area contributed by atoms with E-state index >= 15 is 0 Å². The van der Waals surface area contributed by atoms with Crippen molar-refractivity contribution in [3.63, 3.8) is 0 Å². The second kappa shape index (κ2) is 16.2. The summed E-state index contributed by atoms with van der Waals surface area (Å²) in [6, 6.07) is 0. The average molecular weight is 280 g/mol. The molecule has 0 rings (SSSR count). The molecule has 0 aliphatic carbocycles. The summed E-state index contributed by atoms with van der Waals surface area (Å²) in [6.45, 7) is 3.50. The van der Waals surface area contributed by atoms with E-state index in [1.807, 2.05) is 0 Å². The van der Waals surface area contributed by atoms with E-state index in [0.29, 0.717) is 6.42 Å². The van der Waals surface area contributed by atoms with Gasteiger partial charge in [-0.3, -0.25) is 9.59 Å². The molecular formula is C15H29NaO3. The molecule has 0 atom stereocenters. The molecule has 4 heteroatoms. The SMILES string of the molecule is CCCCCCCCCCCC(=O)COC(C)=O.[NaH]. The van der Waals surface area contributed by atoms with E-state index in [4.69, 9.17) is 0 Å². The zero-order valence-corrected chi connectivity index (χ0v) is 12.0. The first-order valence-electron chi connectivity index (χ1n) is 7.32. The van der Waals surface area contributed by atoms with Crippen LogP contribution >= 0.6 is 0 Å². The molecule has 0 N–H and O–H groups in total. The van der Waals surface area contributed by atoms with Crippen LogP contribution in [0.25, 0.3) is 0 Å². The second-order valence-corrected chi connectivity index (χ2v) is 4.90. The number of Topliss-reactive ketones (excluding diaryl/α,β-unsaturated/α-hetero) is 1. The molecule has 0 aliphatic rings. The van der Waals surface area contributed by atoms with Gasteiger partial charge in [0.1, 0.15) is 6.61 Å². The van der Waals surface area contributed by atoms with Gasteiger partial charge in [0.15, 0.2) is 5.78 Å². The van der Waals surface area contributed by atoms with Gasteiger partial charge in [-0.2, -0.15) is 0 Å². The van der Waals surface area contributed by atoms with Crippen molar-refractivity contribution in [1.82, 2.24) is 0 Å². The quantitative estimate of drug-likeness (QED) is 0.313. The molecule has 0 saturated carbocycles. The monoisotopic (exact) mass is 280 g/mol. The Balaban J connectivity index is 0. The standard InChI is InChI=1S/C15H28O3.Na.H/c1-3-4-5-6-7-8-9-10-11-12-15(17)13-18-14(2)16;;/h3-13H2,1-2H3;;. The Kier molecular flexibility index (Phi) is 18.3. The third kappa shape index (κ3) is 18.1. The number of hydrogen-bond donors (Lipinski definition) is 0. The van der Waals surface area contributed by atoms with E-state index in [-0.39, 0.29) is 47.9 Å². The van der Waals surface area contributed by atoms with E-state index in [9.17, 15) is 9.59 Å². The average Bonchev–Trinajstić information content (AvgIpc) is 2.34. The minimum absolute atomic E-state index is 0. The van der Waals surface area contributed by atoms with E-state index in [1.165, 1.54) is 51.9 Å². The van der Waals surface area contributed by atoms with Gasteiger partial charge in [-0.15, -0.1) is 0 Å². The van der Waals surface area contributed by atoms with Crippen LogP contribution in [0.1, 0.15) is 78.1 Å². The number of carbonyl (C=O) groups is 2. The summed E-state index contributed by atoms with van der Waals surface area (Å²) in [7, 11) is 0. The molecule has 0 heterocycles. The predicted molar refractivity (Wildman–Crippen MR) is 80.6 cm³/mol. The van der Waals surface area contributed by atoms with E-state index in [0.717, 1.165) is 12.8 Å². The Morgan fingerprint density at radius 1 is 0.842 bits per heavy atom. The topological polar surface area (TPSA) is 43.4 Å². The summed E-state index contributed by atoms with van der Waals surface area (Å²) in [5.74, 6) is -0.344. The minimum atomic E-state index is -0.379. The van der Waals surface area contributed by atoms with Crippen molar-refractivity contribution in [1.29, 1.82) is 0 Å². The molecule has 0 radical (unpaired) electrons. The molecule has 0 aromatic rings. The molecule has 19 heavy (non-hydrogen) atoms. The van der Waals surface area contributed by atoms with E-state index in [2.05, 4.69) is 11.7 Å². The van der Waals surface area contributed by atoms with Crippen molar-refractivity contribution in [2.45, 2.75) is 78.1 Å². The van der Waals surface area contributed by atoms with Crippen LogP contribution in [0.3, 0.4) is 0 Å². The molecule has 0 aliphatic heterocycles. The van der Waals surface area contributed by atoms with Crippen molar-refractivity contribution in [3.8, 4) is 0 Å². The van der Waals surface area contributed by atoms with Gasteiger partial charge in [0.25, 0.3) is 0 Å². The number of carbonyl (C=O) groups excluding carboxylic acids is 2. The summed E-state index contributed by atoms with van der Waals surface area (Å²) >= 11 is 0. The van der Waals surface area contributed by atoms with Crippen LogP contribution in [0.2, 0.25) is 0 Å². The first-order valence-corrected chi connectivity index (χ1v) is 7.32. The van der Waals surface area contributed by atoms with Crippen molar-refractivity contribution < 1.29 is 14.3 Å². The van der Waals surface area contributed by atoms with Crippen LogP contribution in [-0.4, -0.2) is 47.9 Å². The summed E-state index contributed by atoms with van der Waals surface area (Å²) in [5.41, 5.74) is 0. The van der Waals surface area contributed by atoms with Crippen molar-refractivity contribution in [3.05, 3.63) is 0 Å². The third-order valence-electron chi connectivity index (χ3n) is 3.00. The molecule has 0 unspecified atom stereocenters. The molecule has 3 nitrogen and oxygen atoms in total. The second-order valence-electron chi connectivity index (χ2n) is 4.90. The zero-order valence-electron chi connectivity index (χ0n) is 12.0. The Hall–Kier alpha value is 0.140. The summed E-state index contributed by atoms with van der Waals surface area (Å²) in [5, 5.41) is 0. The molecule has 0 bridgehead atoms. The van der Waals surface area contributed by atoms with Gasteiger partial charge >= 0.3 is 35.5 Å². The molecule has 0 amide bonds. The Morgan fingerprint density at radius 3 is 1.79 bits per heavy atom. The molecular weight excluding hydrogens is 251 g/mol. The van der Waals surface area contributed by atoms with Gasteiger partial charge in [0, 0.05) is 13.3 Å². The maximum atomic E-state index is 11.3. The predicted octanol–water partition coefficient (Wildman–Crippen LogP) is 3.39. The first-order chi connectivity index (χ1) is 8.66. The Morgan fingerprint density at radius 2 is 1.32 bits per heavy atom. The van der Waals surface area contributed by atoms with Gasteiger partial charge in [-0.1, -0.05) is 58.3 Å². The molecule has 0 aromatic heterocycles. The summed E-state index contributed by atoms with van der Waals surface area (Å²) in [4.78, 5) is 21.8. The number of unbranched alkanes of at least 4 members (excludes halogenated alkanes) is 8. The van der Waals surface area contributed by atoms with Gasteiger partial charge < -0.3 is 4.74 Å². The molecule has 0 spiro atoms. The van der Waals surface area contributed by atoms with Crippen LogP contribution in [0.5, 0.6) is 0 Å². The van der Waals surface area contributed by atoms with E-state index in [1.54, 1.807) is 0 Å². The van der Waals surface area contributed by atoms with Gasteiger partial charge in [-0.05, 0) is 6.42 Å². The molecule has 0 fully saturated rings. The van der Waals surface area contributed by atoms with Gasteiger partial charge in [0.2, 0.25) is 0 Å². The fourth-order valence-corrected chi connectivity index (χ4v) is 1.89. The third-order valence-corrected chi connectivity index (χ3v) is 3.00. The number of esters is 1.